The molecule has 3 aromatic rings. The lowest BCUT2D eigenvalue weighted by Crippen LogP contribution is -2.39. The second-order valence-corrected chi connectivity index (χ2v) is 8.36. The van der Waals surface area contributed by atoms with Gasteiger partial charge in [0.05, 0.1) is 35.1 Å². The van der Waals surface area contributed by atoms with E-state index < -0.39 is 12.0 Å². The lowest BCUT2D eigenvalue weighted by atomic mass is 9.96. The van der Waals surface area contributed by atoms with Crippen LogP contribution in [0.15, 0.2) is 69.6 Å². The van der Waals surface area contributed by atoms with Crippen LogP contribution in [0.4, 0.5) is 4.39 Å². The van der Waals surface area contributed by atoms with Gasteiger partial charge in [-0.3, -0.25) is 9.36 Å². The Hall–Kier alpha value is -3.52. The maximum atomic E-state index is 13.5. The van der Waals surface area contributed by atoms with Gasteiger partial charge in [-0.25, -0.2) is 14.2 Å². The molecule has 1 aromatic heterocycles. The largest absolute Gasteiger partial charge is 0.494 e. The Morgan fingerprint density at radius 2 is 1.82 bits per heavy atom. The molecule has 8 heteroatoms. The van der Waals surface area contributed by atoms with Gasteiger partial charge in [-0.15, -0.1) is 0 Å². The SMILES string of the molecule is CCOC(=O)C1=C(C)N=c2s/c(=C\c3ccc(F)cc3)c(=O)n2[C@@H]1c1ccc(OCC)cc1. The topological polar surface area (TPSA) is 69.9 Å². The van der Waals surface area contributed by atoms with E-state index in [9.17, 15) is 14.0 Å². The van der Waals surface area contributed by atoms with Crippen molar-refractivity contribution < 1.29 is 18.7 Å². The van der Waals surface area contributed by atoms with E-state index in [1.54, 1.807) is 32.1 Å². The van der Waals surface area contributed by atoms with E-state index >= 15 is 0 Å². The summed E-state index contributed by atoms with van der Waals surface area (Å²) in [7, 11) is 0. The summed E-state index contributed by atoms with van der Waals surface area (Å²) in [6, 6.07) is 12.5. The Kier molecular flexibility index (Phi) is 6.55. The molecule has 0 aliphatic carbocycles. The number of hydrogen-bond acceptors (Lipinski definition) is 6. The van der Waals surface area contributed by atoms with Crippen LogP contribution < -0.4 is 19.6 Å². The predicted octanol–water partition coefficient (Wildman–Crippen LogP) is 3.34. The first-order chi connectivity index (χ1) is 15.9. The highest BCUT2D eigenvalue weighted by Crippen LogP contribution is 2.31. The fourth-order valence-electron chi connectivity index (χ4n) is 3.73. The lowest BCUT2D eigenvalue weighted by molar-refractivity contribution is -0.139. The van der Waals surface area contributed by atoms with Gasteiger partial charge in [0.2, 0.25) is 0 Å². The molecule has 2 aromatic carbocycles. The molecule has 0 spiro atoms. The summed E-state index contributed by atoms with van der Waals surface area (Å²) >= 11 is 1.23. The number of ether oxygens (including phenoxy) is 2. The fraction of sp³-hybridized carbons (Fsp3) is 0.240. The van der Waals surface area contributed by atoms with E-state index in [1.807, 2.05) is 31.2 Å². The highest BCUT2D eigenvalue weighted by molar-refractivity contribution is 7.07. The van der Waals surface area contributed by atoms with Crippen molar-refractivity contribution in [3.05, 3.63) is 96.4 Å². The molecular formula is C25H23FN2O4S. The summed E-state index contributed by atoms with van der Waals surface area (Å²) in [4.78, 5) is 31.4. The van der Waals surface area contributed by atoms with Crippen molar-refractivity contribution >= 4 is 23.4 Å². The first kappa shape index (κ1) is 22.7. The minimum absolute atomic E-state index is 0.209. The van der Waals surface area contributed by atoms with Gasteiger partial charge >= 0.3 is 5.97 Å². The maximum absolute atomic E-state index is 13.5. The zero-order valence-corrected chi connectivity index (χ0v) is 19.3. The van der Waals surface area contributed by atoms with Crippen molar-refractivity contribution in [2.24, 2.45) is 4.99 Å². The number of fused-ring (bicyclic) bond motifs is 1. The van der Waals surface area contributed by atoms with Gasteiger partial charge in [-0.2, -0.15) is 0 Å². The van der Waals surface area contributed by atoms with Gasteiger partial charge in [-0.05, 0) is 62.2 Å². The molecule has 0 fully saturated rings. The molecule has 0 amide bonds. The van der Waals surface area contributed by atoms with Crippen LogP contribution in [0.1, 0.15) is 37.9 Å². The summed E-state index contributed by atoms with van der Waals surface area (Å²) in [5.41, 5.74) is 1.98. The number of carbonyl (C=O) groups excluding carboxylic acids is 1. The molecule has 6 nitrogen and oxygen atoms in total. The van der Waals surface area contributed by atoms with Gasteiger partial charge in [0.1, 0.15) is 11.6 Å². The monoisotopic (exact) mass is 466 g/mol. The molecule has 1 atom stereocenters. The molecule has 0 N–H and O–H groups in total. The number of halogens is 1. The molecule has 0 bridgehead atoms. The first-order valence-corrected chi connectivity index (χ1v) is 11.4. The highest BCUT2D eigenvalue weighted by Gasteiger charge is 2.33. The average molecular weight is 467 g/mol. The second-order valence-electron chi connectivity index (χ2n) is 7.36. The molecule has 1 aliphatic rings. The zero-order valence-electron chi connectivity index (χ0n) is 18.5. The van der Waals surface area contributed by atoms with Crippen molar-refractivity contribution in [1.82, 2.24) is 4.57 Å². The van der Waals surface area contributed by atoms with Crippen LogP contribution in [0.3, 0.4) is 0 Å². The summed E-state index contributed by atoms with van der Waals surface area (Å²) < 4.78 is 26.1. The van der Waals surface area contributed by atoms with Gasteiger partial charge in [0.15, 0.2) is 4.80 Å². The van der Waals surface area contributed by atoms with Crippen LogP contribution >= 0.6 is 11.3 Å². The summed E-state index contributed by atoms with van der Waals surface area (Å²) in [5, 5.41) is 0. The number of benzene rings is 2. The zero-order chi connectivity index (χ0) is 23.5. The van der Waals surface area contributed by atoms with E-state index in [0.717, 1.165) is 5.56 Å². The molecule has 170 valence electrons. The minimum atomic E-state index is -0.689. The van der Waals surface area contributed by atoms with Gasteiger partial charge in [0, 0.05) is 0 Å². The number of carbonyl (C=O) groups is 1. The lowest BCUT2D eigenvalue weighted by Gasteiger charge is -2.24. The van der Waals surface area contributed by atoms with Crippen LogP contribution in [0.25, 0.3) is 6.08 Å². The van der Waals surface area contributed by atoms with E-state index in [4.69, 9.17) is 9.47 Å². The Labute approximate surface area is 193 Å². The number of thiazole rings is 1. The van der Waals surface area contributed by atoms with Crippen LogP contribution in [-0.4, -0.2) is 23.8 Å². The molecular weight excluding hydrogens is 443 g/mol. The number of esters is 1. The number of nitrogens with zero attached hydrogens (tertiary/aromatic N) is 2. The summed E-state index contributed by atoms with van der Waals surface area (Å²) in [5.74, 6) is -0.160. The van der Waals surface area contributed by atoms with Crippen molar-refractivity contribution in [2.75, 3.05) is 13.2 Å². The third-order valence-corrected chi connectivity index (χ3v) is 6.17. The van der Waals surface area contributed by atoms with Gasteiger partial charge < -0.3 is 9.47 Å². The third-order valence-electron chi connectivity index (χ3n) is 5.19. The Bertz CT molecular complexity index is 1390. The Morgan fingerprint density at radius 1 is 1.12 bits per heavy atom. The van der Waals surface area contributed by atoms with Crippen LogP contribution in [0, 0.1) is 5.82 Å². The molecule has 0 saturated heterocycles. The fourth-order valence-corrected chi connectivity index (χ4v) is 4.78. The van der Waals surface area contributed by atoms with Crippen molar-refractivity contribution in [2.45, 2.75) is 26.8 Å². The molecule has 33 heavy (non-hydrogen) atoms. The molecule has 0 radical (unpaired) electrons. The molecule has 2 heterocycles. The number of rotatable bonds is 6. The van der Waals surface area contributed by atoms with E-state index in [2.05, 4.69) is 4.99 Å². The smallest absolute Gasteiger partial charge is 0.338 e. The second kappa shape index (κ2) is 9.54. The quantitative estimate of drug-likeness (QED) is 0.523. The summed E-state index contributed by atoms with van der Waals surface area (Å²) in [6.45, 7) is 6.12. The van der Waals surface area contributed by atoms with Crippen molar-refractivity contribution in [1.29, 1.82) is 0 Å². The maximum Gasteiger partial charge on any atom is 0.338 e. The highest BCUT2D eigenvalue weighted by atomic mass is 32.1. The van der Waals surface area contributed by atoms with Crippen LogP contribution in [-0.2, 0) is 9.53 Å². The minimum Gasteiger partial charge on any atom is -0.494 e. The number of allylic oxidation sites excluding steroid dienone is 1. The normalized spacial score (nSPS) is 15.8. The third kappa shape index (κ3) is 4.52. The number of hydrogen-bond donors (Lipinski definition) is 0. The van der Waals surface area contributed by atoms with Gasteiger partial charge in [-0.1, -0.05) is 35.6 Å². The number of aromatic nitrogens is 1. The van der Waals surface area contributed by atoms with E-state index in [1.165, 1.54) is 28.0 Å². The Morgan fingerprint density at radius 3 is 2.45 bits per heavy atom. The predicted molar refractivity (Wildman–Crippen MR) is 124 cm³/mol. The van der Waals surface area contributed by atoms with Crippen molar-refractivity contribution in [3.63, 3.8) is 0 Å². The van der Waals surface area contributed by atoms with Gasteiger partial charge in [0.25, 0.3) is 5.56 Å². The van der Waals surface area contributed by atoms with E-state index in [0.29, 0.717) is 38.5 Å². The molecule has 1 aliphatic heterocycles. The molecule has 0 unspecified atom stereocenters. The molecule has 4 rings (SSSR count). The molecule has 0 saturated carbocycles. The summed E-state index contributed by atoms with van der Waals surface area (Å²) in [6.07, 6.45) is 1.70. The van der Waals surface area contributed by atoms with E-state index in [-0.39, 0.29) is 18.0 Å². The Balaban J connectivity index is 1.90. The van der Waals surface area contributed by atoms with Crippen LogP contribution in [0.5, 0.6) is 5.75 Å². The van der Waals surface area contributed by atoms with Crippen LogP contribution in [0.2, 0.25) is 0 Å². The first-order valence-electron chi connectivity index (χ1n) is 10.6. The van der Waals surface area contributed by atoms with Crippen molar-refractivity contribution in [3.8, 4) is 5.75 Å². The standard InChI is InChI=1S/C25H23FN2O4S/c1-4-31-19-12-8-17(9-13-19)22-21(24(30)32-5-2)15(3)27-25-28(22)23(29)20(33-25)14-16-6-10-18(26)11-7-16/h6-14,22H,4-5H2,1-3H3/b20-14-/t22-/m1/s1. The average Bonchev–Trinajstić information content (AvgIpc) is 3.10.